The normalized spacial score (nSPS) is 20.7. The number of hydrogen-bond donors (Lipinski definition) is 1. The molecule has 0 aromatic rings. The van der Waals surface area contributed by atoms with Gasteiger partial charge in [0.1, 0.15) is 0 Å². The second-order valence-electron chi connectivity index (χ2n) is 6.40. The maximum Gasteiger partial charge on any atom is 0.226 e. The standard InChI is InChI=1S/C16H31N3O2.2ClH/c1-14(13-17-2)16(20)19-9-5-15(6-10-19)21-12-11-18-7-3-4-8-18;;/h14-15,17H,3-13H2,1-2H3;2*1H. The minimum atomic E-state index is 0. The van der Waals surface area contributed by atoms with E-state index < -0.39 is 0 Å². The van der Waals surface area contributed by atoms with Gasteiger partial charge >= 0.3 is 0 Å². The molecule has 1 atom stereocenters. The van der Waals surface area contributed by atoms with Gasteiger partial charge in [0.25, 0.3) is 0 Å². The summed E-state index contributed by atoms with van der Waals surface area (Å²) in [6.45, 7) is 8.83. The molecule has 5 nitrogen and oxygen atoms in total. The molecule has 0 aromatic heterocycles. The summed E-state index contributed by atoms with van der Waals surface area (Å²) in [5, 5.41) is 3.07. The van der Waals surface area contributed by atoms with Crippen molar-refractivity contribution in [3.63, 3.8) is 0 Å². The second-order valence-corrected chi connectivity index (χ2v) is 6.40. The maximum atomic E-state index is 12.2. The van der Waals surface area contributed by atoms with Crippen LogP contribution >= 0.6 is 24.8 Å². The Morgan fingerprint density at radius 2 is 1.78 bits per heavy atom. The molecule has 1 amide bonds. The first kappa shape index (κ1) is 22.9. The quantitative estimate of drug-likeness (QED) is 0.742. The number of carbonyl (C=O) groups is 1. The molecule has 0 aromatic carbocycles. The highest BCUT2D eigenvalue weighted by molar-refractivity contribution is 5.85. The van der Waals surface area contributed by atoms with Crippen molar-refractivity contribution < 1.29 is 9.53 Å². The minimum absolute atomic E-state index is 0. The van der Waals surface area contributed by atoms with Crippen LogP contribution in [-0.2, 0) is 9.53 Å². The van der Waals surface area contributed by atoms with Gasteiger partial charge in [-0.2, -0.15) is 0 Å². The van der Waals surface area contributed by atoms with E-state index in [1.165, 1.54) is 25.9 Å². The van der Waals surface area contributed by atoms with Gasteiger partial charge in [0.15, 0.2) is 0 Å². The van der Waals surface area contributed by atoms with E-state index in [0.717, 1.165) is 45.6 Å². The van der Waals surface area contributed by atoms with Gasteiger partial charge in [-0.3, -0.25) is 4.79 Å². The highest BCUT2D eigenvalue weighted by Crippen LogP contribution is 2.16. The summed E-state index contributed by atoms with van der Waals surface area (Å²) in [4.78, 5) is 16.7. The molecule has 2 saturated heterocycles. The van der Waals surface area contributed by atoms with E-state index in [0.29, 0.717) is 6.10 Å². The van der Waals surface area contributed by atoms with Crippen LogP contribution in [0, 0.1) is 5.92 Å². The van der Waals surface area contributed by atoms with Crippen molar-refractivity contribution in [3.05, 3.63) is 0 Å². The summed E-state index contributed by atoms with van der Waals surface area (Å²) in [7, 11) is 1.89. The Morgan fingerprint density at radius 1 is 1.17 bits per heavy atom. The fourth-order valence-electron chi connectivity index (χ4n) is 3.30. The molecule has 0 aliphatic carbocycles. The highest BCUT2D eigenvalue weighted by atomic mass is 35.5. The number of halogens is 2. The molecule has 2 fully saturated rings. The van der Waals surface area contributed by atoms with Gasteiger partial charge in [0.2, 0.25) is 5.91 Å². The number of piperidine rings is 1. The van der Waals surface area contributed by atoms with Crippen LogP contribution < -0.4 is 5.32 Å². The van der Waals surface area contributed by atoms with E-state index in [1.54, 1.807) is 0 Å². The molecule has 2 aliphatic heterocycles. The first-order valence-corrected chi connectivity index (χ1v) is 8.48. The highest BCUT2D eigenvalue weighted by Gasteiger charge is 2.26. The van der Waals surface area contributed by atoms with Crippen LogP contribution in [0.1, 0.15) is 32.6 Å². The SMILES string of the molecule is CNCC(C)C(=O)N1CCC(OCCN2CCCC2)CC1.Cl.Cl. The molecule has 0 radical (unpaired) electrons. The molecule has 2 rings (SSSR count). The number of carbonyl (C=O) groups excluding carboxylic acids is 1. The van der Waals surface area contributed by atoms with Crippen LogP contribution in [-0.4, -0.2) is 74.7 Å². The van der Waals surface area contributed by atoms with E-state index in [1.807, 2.05) is 18.9 Å². The van der Waals surface area contributed by atoms with Crippen molar-refractivity contribution in [2.75, 3.05) is 52.9 Å². The summed E-state index contributed by atoms with van der Waals surface area (Å²) in [6.07, 6.45) is 4.99. The third-order valence-corrected chi connectivity index (χ3v) is 4.65. The minimum Gasteiger partial charge on any atom is -0.377 e. The third-order valence-electron chi connectivity index (χ3n) is 4.65. The molecule has 23 heavy (non-hydrogen) atoms. The van der Waals surface area contributed by atoms with Crippen molar-refractivity contribution in [2.24, 2.45) is 5.92 Å². The van der Waals surface area contributed by atoms with Crippen molar-refractivity contribution in [3.8, 4) is 0 Å². The molecule has 138 valence electrons. The van der Waals surface area contributed by atoms with Crippen LogP contribution in [0.5, 0.6) is 0 Å². The topological polar surface area (TPSA) is 44.8 Å². The van der Waals surface area contributed by atoms with Gasteiger partial charge < -0.3 is 19.9 Å². The van der Waals surface area contributed by atoms with Crippen LogP contribution in [0.4, 0.5) is 0 Å². The molecule has 0 bridgehead atoms. The zero-order chi connectivity index (χ0) is 15.1. The molecular weight excluding hydrogens is 337 g/mol. The maximum absolute atomic E-state index is 12.2. The summed E-state index contributed by atoms with van der Waals surface area (Å²) in [5.41, 5.74) is 0. The van der Waals surface area contributed by atoms with Crippen molar-refractivity contribution in [1.82, 2.24) is 15.1 Å². The van der Waals surface area contributed by atoms with Gasteiger partial charge in [-0.05, 0) is 45.8 Å². The molecule has 1 N–H and O–H groups in total. The Morgan fingerprint density at radius 3 is 2.35 bits per heavy atom. The van der Waals surface area contributed by atoms with E-state index in [2.05, 4.69) is 10.2 Å². The lowest BCUT2D eigenvalue weighted by Gasteiger charge is -2.33. The average Bonchev–Trinajstić information content (AvgIpc) is 3.01. The van der Waals surface area contributed by atoms with Crippen molar-refractivity contribution in [2.45, 2.75) is 38.7 Å². The summed E-state index contributed by atoms with van der Waals surface area (Å²) >= 11 is 0. The van der Waals surface area contributed by atoms with E-state index >= 15 is 0 Å². The average molecular weight is 370 g/mol. The summed E-state index contributed by atoms with van der Waals surface area (Å²) in [5.74, 6) is 0.350. The number of amides is 1. The number of rotatable bonds is 7. The zero-order valence-electron chi connectivity index (χ0n) is 14.5. The number of ether oxygens (including phenoxy) is 1. The van der Waals surface area contributed by atoms with Crippen molar-refractivity contribution in [1.29, 1.82) is 0 Å². The molecule has 1 unspecified atom stereocenters. The number of hydrogen-bond acceptors (Lipinski definition) is 4. The van der Waals surface area contributed by atoms with Crippen molar-refractivity contribution >= 4 is 30.7 Å². The van der Waals surface area contributed by atoms with Gasteiger partial charge in [-0.15, -0.1) is 24.8 Å². The lowest BCUT2D eigenvalue weighted by atomic mass is 10.0. The van der Waals surface area contributed by atoms with Gasteiger partial charge in [-0.1, -0.05) is 6.92 Å². The van der Waals surface area contributed by atoms with E-state index in [4.69, 9.17) is 4.74 Å². The molecular formula is C16H33Cl2N3O2. The predicted octanol–water partition coefficient (Wildman–Crippen LogP) is 1.79. The Labute approximate surface area is 153 Å². The Balaban J connectivity index is 0.00000242. The van der Waals surface area contributed by atoms with E-state index in [-0.39, 0.29) is 36.6 Å². The number of likely N-dealkylation sites (tertiary alicyclic amines) is 2. The fraction of sp³-hybridized carbons (Fsp3) is 0.938. The lowest BCUT2D eigenvalue weighted by Crippen LogP contribution is -2.45. The molecule has 2 aliphatic rings. The first-order chi connectivity index (χ1) is 10.2. The third kappa shape index (κ3) is 7.57. The zero-order valence-corrected chi connectivity index (χ0v) is 16.1. The van der Waals surface area contributed by atoms with Crippen LogP contribution in [0.3, 0.4) is 0 Å². The number of nitrogens with zero attached hydrogens (tertiary/aromatic N) is 2. The number of nitrogens with one attached hydrogen (secondary N) is 1. The fourth-order valence-corrected chi connectivity index (χ4v) is 3.30. The lowest BCUT2D eigenvalue weighted by molar-refractivity contribution is -0.137. The first-order valence-electron chi connectivity index (χ1n) is 8.48. The van der Waals surface area contributed by atoms with E-state index in [9.17, 15) is 4.79 Å². The second kappa shape index (κ2) is 12.3. The van der Waals surface area contributed by atoms with Crippen LogP contribution in [0.15, 0.2) is 0 Å². The van der Waals surface area contributed by atoms with Gasteiger partial charge in [-0.25, -0.2) is 0 Å². The molecule has 0 spiro atoms. The van der Waals surface area contributed by atoms with Crippen LogP contribution in [0.25, 0.3) is 0 Å². The Hall–Kier alpha value is -0.0700. The molecule has 2 heterocycles. The monoisotopic (exact) mass is 369 g/mol. The molecule has 7 heteroatoms. The van der Waals surface area contributed by atoms with Gasteiger partial charge in [0.05, 0.1) is 12.7 Å². The Kier molecular flexibility index (Phi) is 12.3. The Bertz CT molecular complexity index is 320. The molecule has 0 saturated carbocycles. The summed E-state index contributed by atoms with van der Waals surface area (Å²) < 4.78 is 5.99. The summed E-state index contributed by atoms with van der Waals surface area (Å²) in [6, 6.07) is 0. The van der Waals surface area contributed by atoms with Gasteiger partial charge in [0, 0.05) is 32.1 Å². The smallest absolute Gasteiger partial charge is 0.226 e. The van der Waals surface area contributed by atoms with Crippen LogP contribution in [0.2, 0.25) is 0 Å². The largest absolute Gasteiger partial charge is 0.377 e. The predicted molar refractivity (Wildman–Crippen MR) is 98.8 cm³/mol.